The van der Waals surface area contributed by atoms with Gasteiger partial charge in [0.15, 0.2) is 0 Å². The average Bonchev–Trinajstić information content (AvgIpc) is 3.09. The molecule has 2 heterocycles. The minimum Gasteiger partial charge on any atom is -0.481 e. The summed E-state index contributed by atoms with van der Waals surface area (Å²) < 4.78 is 0. The largest absolute Gasteiger partial charge is 0.481 e. The SMILES string of the molecule is O=C(O)C[C@@H]1CN(CC2=CCCCC2)C[C@@H]1c1cn[nH]n1. The third-order valence-electron chi connectivity index (χ3n) is 4.58. The molecule has 114 valence electrons. The standard InChI is InChI=1S/C15H22N4O2/c20-15(21)6-12-9-19(8-11-4-2-1-3-5-11)10-13(12)14-7-16-18-17-14/h4,7,12-13H,1-3,5-6,8-10H2,(H,20,21)(H,16,17,18)/t12-,13+/m1/s1. The second kappa shape index (κ2) is 6.39. The number of rotatable bonds is 5. The van der Waals surface area contributed by atoms with Crippen LogP contribution in [0.3, 0.4) is 0 Å². The molecule has 1 fully saturated rings. The van der Waals surface area contributed by atoms with Crippen molar-refractivity contribution in [2.24, 2.45) is 5.92 Å². The van der Waals surface area contributed by atoms with Crippen molar-refractivity contribution in [1.29, 1.82) is 0 Å². The van der Waals surface area contributed by atoms with Crippen LogP contribution in [0.2, 0.25) is 0 Å². The predicted octanol–water partition coefficient (Wildman–Crippen LogP) is 1.80. The third-order valence-corrected chi connectivity index (χ3v) is 4.58. The molecule has 1 aliphatic heterocycles. The van der Waals surface area contributed by atoms with Gasteiger partial charge in [-0.25, -0.2) is 0 Å². The van der Waals surface area contributed by atoms with Crippen LogP contribution in [-0.4, -0.2) is 51.0 Å². The summed E-state index contributed by atoms with van der Waals surface area (Å²) in [5.41, 5.74) is 2.40. The Labute approximate surface area is 124 Å². The van der Waals surface area contributed by atoms with E-state index in [0.717, 1.165) is 25.3 Å². The van der Waals surface area contributed by atoms with Gasteiger partial charge in [0, 0.05) is 25.6 Å². The van der Waals surface area contributed by atoms with Crippen molar-refractivity contribution in [1.82, 2.24) is 20.3 Å². The molecule has 0 radical (unpaired) electrons. The summed E-state index contributed by atoms with van der Waals surface area (Å²) in [6.45, 7) is 2.69. The van der Waals surface area contributed by atoms with E-state index >= 15 is 0 Å². The van der Waals surface area contributed by atoms with E-state index in [1.165, 1.54) is 31.3 Å². The molecule has 0 bridgehead atoms. The van der Waals surface area contributed by atoms with Crippen molar-refractivity contribution in [2.45, 2.75) is 38.0 Å². The van der Waals surface area contributed by atoms with Gasteiger partial charge >= 0.3 is 5.97 Å². The van der Waals surface area contributed by atoms with Crippen molar-refractivity contribution >= 4 is 5.97 Å². The molecule has 3 rings (SSSR count). The first-order valence-electron chi connectivity index (χ1n) is 7.70. The molecule has 6 nitrogen and oxygen atoms in total. The number of allylic oxidation sites excluding steroid dienone is 1. The molecular formula is C15H22N4O2. The molecule has 6 heteroatoms. The van der Waals surface area contributed by atoms with Gasteiger partial charge in [-0.3, -0.25) is 9.69 Å². The van der Waals surface area contributed by atoms with Crippen LogP contribution in [0.15, 0.2) is 17.8 Å². The zero-order valence-electron chi connectivity index (χ0n) is 12.2. The Kier molecular flexibility index (Phi) is 4.34. The minimum atomic E-state index is -0.729. The Balaban J connectivity index is 1.67. The topological polar surface area (TPSA) is 82.1 Å². The summed E-state index contributed by atoms with van der Waals surface area (Å²) in [7, 11) is 0. The number of nitrogens with zero attached hydrogens (tertiary/aromatic N) is 3. The van der Waals surface area contributed by atoms with Crippen LogP contribution in [0.1, 0.15) is 43.7 Å². The molecule has 1 saturated heterocycles. The lowest BCUT2D eigenvalue weighted by Crippen LogP contribution is -2.24. The van der Waals surface area contributed by atoms with Gasteiger partial charge in [0.25, 0.3) is 0 Å². The van der Waals surface area contributed by atoms with E-state index in [2.05, 4.69) is 26.4 Å². The summed E-state index contributed by atoms with van der Waals surface area (Å²) in [5, 5.41) is 19.8. The molecule has 0 amide bonds. The molecule has 1 aromatic heterocycles. The number of hydrogen-bond acceptors (Lipinski definition) is 4. The number of aliphatic carboxylic acids is 1. The maximum absolute atomic E-state index is 11.1. The number of aromatic amines is 1. The highest BCUT2D eigenvalue weighted by molar-refractivity contribution is 5.67. The summed E-state index contributed by atoms with van der Waals surface area (Å²) in [6, 6.07) is 0. The number of carboxylic acids is 1. The summed E-state index contributed by atoms with van der Waals surface area (Å²) in [4.78, 5) is 13.5. The fraction of sp³-hybridized carbons (Fsp3) is 0.667. The monoisotopic (exact) mass is 290 g/mol. The Morgan fingerprint density at radius 2 is 2.33 bits per heavy atom. The van der Waals surface area contributed by atoms with Gasteiger partial charge in [-0.2, -0.15) is 15.4 Å². The molecule has 1 aliphatic carbocycles. The molecule has 0 aromatic carbocycles. The summed E-state index contributed by atoms with van der Waals surface area (Å²) >= 11 is 0. The molecule has 0 spiro atoms. The smallest absolute Gasteiger partial charge is 0.303 e. The van der Waals surface area contributed by atoms with E-state index < -0.39 is 5.97 Å². The van der Waals surface area contributed by atoms with Crippen LogP contribution >= 0.6 is 0 Å². The van der Waals surface area contributed by atoms with Crippen LogP contribution in [-0.2, 0) is 4.79 Å². The third kappa shape index (κ3) is 3.50. The maximum Gasteiger partial charge on any atom is 0.303 e. The van der Waals surface area contributed by atoms with Crippen molar-refractivity contribution in [3.05, 3.63) is 23.5 Å². The summed E-state index contributed by atoms with van der Waals surface area (Å²) in [6.07, 6.45) is 9.25. The summed E-state index contributed by atoms with van der Waals surface area (Å²) in [5.74, 6) is -0.437. The molecule has 21 heavy (non-hydrogen) atoms. The van der Waals surface area contributed by atoms with Crippen LogP contribution in [0.25, 0.3) is 0 Å². The number of carboxylic acid groups (broad SMARTS) is 1. The van der Waals surface area contributed by atoms with E-state index in [0.29, 0.717) is 0 Å². The van der Waals surface area contributed by atoms with Gasteiger partial charge in [0.05, 0.1) is 18.3 Å². The number of H-pyrrole nitrogens is 1. The maximum atomic E-state index is 11.1. The van der Waals surface area contributed by atoms with Crippen molar-refractivity contribution in [2.75, 3.05) is 19.6 Å². The Bertz CT molecular complexity index is 512. The number of hydrogen-bond donors (Lipinski definition) is 2. The second-order valence-corrected chi connectivity index (χ2v) is 6.16. The predicted molar refractivity (Wildman–Crippen MR) is 77.9 cm³/mol. The van der Waals surface area contributed by atoms with E-state index in [4.69, 9.17) is 5.11 Å². The first kappa shape index (κ1) is 14.3. The highest BCUT2D eigenvalue weighted by Crippen LogP contribution is 2.34. The van der Waals surface area contributed by atoms with Gasteiger partial charge in [0.1, 0.15) is 0 Å². The van der Waals surface area contributed by atoms with Crippen LogP contribution in [0.4, 0.5) is 0 Å². The van der Waals surface area contributed by atoms with E-state index in [9.17, 15) is 4.79 Å². The molecule has 0 saturated carbocycles. The van der Waals surface area contributed by atoms with Gasteiger partial charge in [-0.05, 0) is 31.6 Å². The van der Waals surface area contributed by atoms with E-state index in [-0.39, 0.29) is 18.3 Å². The highest BCUT2D eigenvalue weighted by atomic mass is 16.4. The zero-order valence-corrected chi connectivity index (χ0v) is 12.2. The number of nitrogens with one attached hydrogen (secondary N) is 1. The van der Waals surface area contributed by atoms with Crippen LogP contribution in [0, 0.1) is 5.92 Å². The van der Waals surface area contributed by atoms with Crippen molar-refractivity contribution < 1.29 is 9.90 Å². The average molecular weight is 290 g/mol. The molecule has 2 aliphatic rings. The molecular weight excluding hydrogens is 268 g/mol. The minimum absolute atomic E-state index is 0.122. The molecule has 0 unspecified atom stereocenters. The Morgan fingerprint density at radius 3 is 3.00 bits per heavy atom. The number of likely N-dealkylation sites (tertiary alicyclic amines) is 1. The van der Waals surface area contributed by atoms with Crippen LogP contribution < -0.4 is 0 Å². The number of aromatic nitrogens is 3. The van der Waals surface area contributed by atoms with Gasteiger partial charge in [0.2, 0.25) is 0 Å². The Hall–Kier alpha value is -1.69. The van der Waals surface area contributed by atoms with E-state index in [1.54, 1.807) is 6.20 Å². The van der Waals surface area contributed by atoms with Gasteiger partial charge in [-0.1, -0.05) is 11.6 Å². The fourth-order valence-electron chi connectivity index (χ4n) is 3.58. The van der Waals surface area contributed by atoms with E-state index in [1.807, 2.05) is 0 Å². The fourth-order valence-corrected chi connectivity index (χ4v) is 3.58. The first-order chi connectivity index (χ1) is 10.2. The lowest BCUT2D eigenvalue weighted by atomic mass is 9.91. The van der Waals surface area contributed by atoms with Gasteiger partial charge in [-0.15, -0.1) is 0 Å². The van der Waals surface area contributed by atoms with Crippen molar-refractivity contribution in [3.63, 3.8) is 0 Å². The molecule has 1 aromatic rings. The van der Waals surface area contributed by atoms with Gasteiger partial charge < -0.3 is 5.11 Å². The number of carbonyl (C=O) groups is 1. The Morgan fingerprint density at radius 1 is 1.43 bits per heavy atom. The lowest BCUT2D eigenvalue weighted by Gasteiger charge is -2.20. The normalized spacial score (nSPS) is 26.8. The quantitative estimate of drug-likeness (QED) is 0.808. The molecule has 2 N–H and O–H groups in total. The lowest BCUT2D eigenvalue weighted by molar-refractivity contribution is -0.138. The highest BCUT2D eigenvalue weighted by Gasteiger charge is 2.36. The zero-order chi connectivity index (χ0) is 14.7. The molecule has 2 atom stereocenters. The first-order valence-corrected chi connectivity index (χ1v) is 7.70. The van der Waals surface area contributed by atoms with Crippen molar-refractivity contribution in [3.8, 4) is 0 Å². The van der Waals surface area contributed by atoms with Crippen LogP contribution in [0.5, 0.6) is 0 Å². The second-order valence-electron chi connectivity index (χ2n) is 6.16.